The van der Waals surface area contributed by atoms with E-state index in [1.165, 1.54) is 29.5 Å². The zero-order valence-corrected chi connectivity index (χ0v) is 16.0. The standard InChI is InChI=1S/C22H20FN3OS/c23-20-9-11-21(12-10-20)27-15-19-8-4-7-18(13-19)14-25-26-22(24)28-16-17-5-2-1-3-6-17/h1-14H,15-16H2,(H2,24,26). The van der Waals surface area contributed by atoms with Gasteiger partial charge in [-0.05, 0) is 47.0 Å². The third-order valence-electron chi connectivity index (χ3n) is 3.76. The summed E-state index contributed by atoms with van der Waals surface area (Å²) in [7, 11) is 0. The van der Waals surface area contributed by atoms with E-state index in [-0.39, 0.29) is 5.82 Å². The van der Waals surface area contributed by atoms with Crippen molar-refractivity contribution in [1.29, 1.82) is 0 Å². The lowest BCUT2D eigenvalue weighted by Crippen LogP contribution is -2.06. The molecule has 0 bridgehead atoms. The maximum absolute atomic E-state index is 12.9. The number of hydrogen-bond acceptors (Lipinski definition) is 4. The molecule has 0 aliphatic rings. The minimum absolute atomic E-state index is 0.285. The molecule has 142 valence electrons. The first-order valence-corrected chi connectivity index (χ1v) is 9.68. The summed E-state index contributed by atoms with van der Waals surface area (Å²) in [4.78, 5) is 0. The van der Waals surface area contributed by atoms with Gasteiger partial charge in [-0.25, -0.2) is 4.39 Å². The average molecular weight is 393 g/mol. The van der Waals surface area contributed by atoms with E-state index < -0.39 is 0 Å². The molecule has 3 aromatic rings. The van der Waals surface area contributed by atoms with Crippen LogP contribution in [0.5, 0.6) is 5.75 Å². The van der Waals surface area contributed by atoms with Gasteiger partial charge < -0.3 is 10.5 Å². The van der Waals surface area contributed by atoms with Crippen LogP contribution in [0.25, 0.3) is 0 Å². The minimum Gasteiger partial charge on any atom is -0.489 e. The second kappa shape index (κ2) is 10.3. The zero-order chi connectivity index (χ0) is 19.6. The molecule has 0 radical (unpaired) electrons. The van der Waals surface area contributed by atoms with Gasteiger partial charge in [0.1, 0.15) is 18.2 Å². The van der Waals surface area contributed by atoms with E-state index in [0.717, 1.165) is 16.9 Å². The second-order valence-electron chi connectivity index (χ2n) is 5.94. The fourth-order valence-electron chi connectivity index (χ4n) is 2.37. The topological polar surface area (TPSA) is 60.0 Å². The molecule has 0 aliphatic carbocycles. The molecule has 0 unspecified atom stereocenters. The summed E-state index contributed by atoms with van der Waals surface area (Å²) in [5, 5.41) is 8.50. The molecule has 28 heavy (non-hydrogen) atoms. The Labute approximate surface area is 168 Å². The Hall–Kier alpha value is -3.12. The molecule has 4 nitrogen and oxygen atoms in total. The number of hydrogen-bond donors (Lipinski definition) is 1. The molecule has 0 saturated carbocycles. The van der Waals surface area contributed by atoms with Gasteiger partial charge in [0.15, 0.2) is 5.17 Å². The normalized spacial score (nSPS) is 11.7. The highest BCUT2D eigenvalue weighted by molar-refractivity contribution is 8.13. The monoisotopic (exact) mass is 393 g/mol. The van der Waals surface area contributed by atoms with Crippen molar-refractivity contribution in [2.24, 2.45) is 15.9 Å². The van der Waals surface area contributed by atoms with Crippen LogP contribution in [0.4, 0.5) is 4.39 Å². The molecule has 3 rings (SSSR count). The first-order chi connectivity index (χ1) is 13.7. The van der Waals surface area contributed by atoms with Crippen LogP contribution in [0.15, 0.2) is 89.1 Å². The van der Waals surface area contributed by atoms with Gasteiger partial charge in [-0.3, -0.25) is 0 Å². The lowest BCUT2D eigenvalue weighted by molar-refractivity contribution is 0.305. The summed E-state index contributed by atoms with van der Waals surface area (Å²) >= 11 is 1.44. The quantitative estimate of drug-likeness (QED) is 0.350. The van der Waals surface area contributed by atoms with Crippen molar-refractivity contribution in [2.45, 2.75) is 12.4 Å². The maximum atomic E-state index is 12.9. The van der Waals surface area contributed by atoms with Crippen LogP contribution in [-0.4, -0.2) is 11.4 Å². The highest BCUT2D eigenvalue weighted by atomic mass is 32.2. The van der Waals surface area contributed by atoms with Gasteiger partial charge >= 0.3 is 0 Å². The number of amidine groups is 1. The minimum atomic E-state index is -0.285. The number of benzene rings is 3. The molecule has 6 heteroatoms. The van der Waals surface area contributed by atoms with Crippen molar-refractivity contribution in [3.63, 3.8) is 0 Å². The van der Waals surface area contributed by atoms with Crippen LogP contribution in [0.3, 0.4) is 0 Å². The van der Waals surface area contributed by atoms with E-state index in [1.807, 2.05) is 54.6 Å². The first kappa shape index (κ1) is 19.6. The van der Waals surface area contributed by atoms with Crippen LogP contribution in [-0.2, 0) is 12.4 Å². The molecule has 0 heterocycles. The van der Waals surface area contributed by atoms with Crippen LogP contribution < -0.4 is 10.5 Å². The smallest absolute Gasteiger partial charge is 0.180 e. The SMILES string of the molecule is NC(=NN=Cc1cccc(COc2ccc(F)cc2)c1)SCc1ccccc1. The van der Waals surface area contributed by atoms with Gasteiger partial charge in [0.25, 0.3) is 0 Å². The summed E-state index contributed by atoms with van der Waals surface area (Å²) < 4.78 is 18.6. The Morgan fingerprint density at radius 1 is 0.964 bits per heavy atom. The van der Waals surface area contributed by atoms with E-state index in [2.05, 4.69) is 10.2 Å². The molecular weight excluding hydrogens is 373 g/mol. The Morgan fingerprint density at radius 3 is 2.50 bits per heavy atom. The molecular formula is C22H20FN3OS. The Kier molecular flexibility index (Phi) is 7.21. The van der Waals surface area contributed by atoms with Gasteiger partial charge in [0.2, 0.25) is 0 Å². The van der Waals surface area contributed by atoms with Gasteiger partial charge in [-0.2, -0.15) is 5.10 Å². The van der Waals surface area contributed by atoms with Crippen molar-refractivity contribution in [1.82, 2.24) is 0 Å². The largest absolute Gasteiger partial charge is 0.489 e. The van der Waals surface area contributed by atoms with Crippen LogP contribution in [0.2, 0.25) is 0 Å². The zero-order valence-electron chi connectivity index (χ0n) is 15.2. The molecule has 0 fully saturated rings. The van der Waals surface area contributed by atoms with Crippen LogP contribution >= 0.6 is 11.8 Å². The molecule has 0 spiro atoms. The van der Waals surface area contributed by atoms with Crippen molar-refractivity contribution < 1.29 is 9.13 Å². The molecule has 3 aromatic carbocycles. The predicted molar refractivity (Wildman–Crippen MR) is 114 cm³/mol. The Bertz CT molecular complexity index is 944. The highest BCUT2D eigenvalue weighted by Crippen LogP contribution is 2.14. The summed E-state index contributed by atoms with van der Waals surface area (Å²) in [5.74, 6) is 1.09. The summed E-state index contributed by atoms with van der Waals surface area (Å²) in [5.41, 5.74) is 8.94. The predicted octanol–water partition coefficient (Wildman–Crippen LogP) is 4.99. The molecule has 0 amide bonds. The third-order valence-corrected chi connectivity index (χ3v) is 4.62. The van der Waals surface area contributed by atoms with Gasteiger partial charge in [0, 0.05) is 5.75 Å². The van der Waals surface area contributed by atoms with Crippen LogP contribution in [0.1, 0.15) is 16.7 Å². The van der Waals surface area contributed by atoms with Gasteiger partial charge in [-0.1, -0.05) is 60.3 Å². The van der Waals surface area contributed by atoms with Crippen molar-refractivity contribution in [3.05, 3.63) is 101 Å². The van der Waals surface area contributed by atoms with E-state index in [0.29, 0.717) is 17.5 Å². The number of ether oxygens (including phenoxy) is 1. The maximum Gasteiger partial charge on any atom is 0.180 e. The summed E-state index contributed by atoms with van der Waals surface area (Å²) in [6.45, 7) is 0.381. The second-order valence-corrected chi connectivity index (χ2v) is 6.94. The van der Waals surface area contributed by atoms with E-state index in [4.69, 9.17) is 10.5 Å². The van der Waals surface area contributed by atoms with E-state index >= 15 is 0 Å². The summed E-state index contributed by atoms with van der Waals surface area (Å²) in [6.07, 6.45) is 1.65. The summed E-state index contributed by atoms with van der Waals surface area (Å²) in [6, 6.07) is 23.8. The number of thioether (sulfide) groups is 1. The molecule has 2 N–H and O–H groups in total. The number of nitrogens with zero attached hydrogens (tertiary/aromatic N) is 2. The number of nitrogens with two attached hydrogens (primary N) is 1. The lowest BCUT2D eigenvalue weighted by Gasteiger charge is -2.06. The van der Waals surface area contributed by atoms with Crippen LogP contribution in [0, 0.1) is 5.82 Å². The van der Waals surface area contributed by atoms with Crippen molar-refractivity contribution in [3.8, 4) is 5.75 Å². The van der Waals surface area contributed by atoms with Crippen molar-refractivity contribution >= 4 is 23.1 Å². The molecule has 0 aliphatic heterocycles. The molecule has 0 saturated heterocycles. The Balaban J connectivity index is 1.52. The number of halogens is 1. The fourth-order valence-corrected chi connectivity index (χ4v) is 2.99. The average Bonchev–Trinajstić information content (AvgIpc) is 2.73. The van der Waals surface area contributed by atoms with E-state index in [1.54, 1.807) is 18.3 Å². The van der Waals surface area contributed by atoms with E-state index in [9.17, 15) is 4.39 Å². The third kappa shape index (κ3) is 6.55. The van der Waals surface area contributed by atoms with Crippen molar-refractivity contribution in [2.75, 3.05) is 0 Å². The molecule has 0 atom stereocenters. The molecule has 0 aromatic heterocycles. The fraction of sp³-hybridized carbons (Fsp3) is 0.0909. The van der Waals surface area contributed by atoms with Gasteiger partial charge in [0.05, 0.1) is 6.21 Å². The highest BCUT2D eigenvalue weighted by Gasteiger charge is 1.99. The number of rotatable bonds is 7. The lowest BCUT2D eigenvalue weighted by atomic mass is 10.1. The first-order valence-electron chi connectivity index (χ1n) is 8.69. The van der Waals surface area contributed by atoms with Gasteiger partial charge in [-0.15, -0.1) is 5.10 Å². The Morgan fingerprint density at radius 2 is 1.71 bits per heavy atom.